The van der Waals surface area contributed by atoms with Crippen LogP contribution < -0.4 is 5.06 Å². The maximum absolute atomic E-state index is 11.6. The first kappa shape index (κ1) is 10.8. The highest BCUT2D eigenvalue weighted by Gasteiger charge is 2.31. The number of carbonyl (C=O) groups excluding carboxylic acids is 3. The first-order valence-corrected chi connectivity index (χ1v) is 5.19. The van der Waals surface area contributed by atoms with Crippen LogP contribution >= 0.6 is 15.9 Å². The van der Waals surface area contributed by atoms with E-state index in [1.165, 1.54) is 0 Å². The van der Waals surface area contributed by atoms with Gasteiger partial charge in [-0.1, -0.05) is 6.07 Å². The molecule has 0 spiro atoms. The maximum atomic E-state index is 11.6. The number of nitrogens with zero attached hydrogens (tertiary/aromatic N) is 1. The smallest absolute Gasteiger partial charge is 0.332 e. The molecule has 0 aromatic heterocycles. The van der Waals surface area contributed by atoms with E-state index in [-0.39, 0.29) is 18.6 Å². The molecule has 16 heavy (non-hydrogen) atoms. The SMILES string of the molecule is O=CC(=O)ON1CC(=O)c2c(Br)cccc21. The predicted molar refractivity (Wildman–Crippen MR) is 58.0 cm³/mol. The van der Waals surface area contributed by atoms with Crippen LogP contribution in [0.5, 0.6) is 0 Å². The Morgan fingerprint density at radius 3 is 2.94 bits per heavy atom. The average molecular weight is 284 g/mol. The van der Waals surface area contributed by atoms with Crippen molar-refractivity contribution in [1.29, 1.82) is 0 Å². The second kappa shape index (κ2) is 4.05. The van der Waals surface area contributed by atoms with Gasteiger partial charge in [-0.3, -0.25) is 9.59 Å². The molecule has 0 atom stereocenters. The summed E-state index contributed by atoms with van der Waals surface area (Å²) in [6, 6.07) is 5.08. The number of fused-ring (bicyclic) bond motifs is 1. The Bertz CT molecular complexity index is 486. The number of ketones is 1. The fourth-order valence-corrected chi connectivity index (χ4v) is 2.08. The van der Waals surface area contributed by atoms with Crippen LogP contribution in [-0.2, 0) is 14.4 Å². The largest absolute Gasteiger partial charge is 0.395 e. The number of rotatable bonds is 2. The average Bonchev–Trinajstić information content (AvgIpc) is 2.57. The quantitative estimate of drug-likeness (QED) is 0.601. The highest BCUT2D eigenvalue weighted by Crippen LogP contribution is 2.33. The summed E-state index contributed by atoms with van der Waals surface area (Å²) >= 11 is 3.24. The fourth-order valence-electron chi connectivity index (χ4n) is 1.50. The van der Waals surface area contributed by atoms with Crippen molar-refractivity contribution in [2.24, 2.45) is 0 Å². The Morgan fingerprint density at radius 2 is 2.25 bits per heavy atom. The summed E-state index contributed by atoms with van der Waals surface area (Å²) in [5.74, 6) is -1.19. The van der Waals surface area contributed by atoms with Gasteiger partial charge in [-0.15, -0.1) is 0 Å². The molecule has 2 rings (SSSR count). The lowest BCUT2D eigenvalue weighted by molar-refractivity contribution is -0.149. The summed E-state index contributed by atoms with van der Waals surface area (Å²) in [4.78, 5) is 37.3. The molecule has 0 unspecified atom stereocenters. The van der Waals surface area contributed by atoms with E-state index in [0.29, 0.717) is 15.7 Å². The van der Waals surface area contributed by atoms with Gasteiger partial charge in [0.05, 0.1) is 11.3 Å². The minimum absolute atomic E-state index is 0.0560. The standard InChI is InChI=1S/C10H6BrNO4/c11-6-2-1-3-7-10(6)8(14)4-12(7)16-9(15)5-13/h1-3,5H,4H2. The number of hydroxylamine groups is 1. The molecule has 1 aliphatic rings. The van der Waals surface area contributed by atoms with Gasteiger partial charge < -0.3 is 4.84 Å². The van der Waals surface area contributed by atoms with Crippen molar-refractivity contribution >= 4 is 39.7 Å². The summed E-state index contributed by atoms with van der Waals surface area (Å²) in [6.07, 6.45) is 0.0560. The van der Waals surface area contributed by atoms with Crippen LogP contribution in [-0.4, -0.2) is 24.6 Å². The molecular weight excluding hydrogens is 278 g/mol. The first-order valence-electron chi connectivity index (χ1n) is 4.40. The monoisotopic (exact) mass is 283 g/mol. The number of hydrogen-bond donors (Lipinski definition) is 0. The molecular formula is C10H6BrNO4. The van der Waals surface area contributed by atoms with Crippen LogP contribution in [0.1, 0.15) is 10.4 Å². The van der Waals surface area contributed by atoms with Crippen molar-refractivity contribution in [3.8, 4) is 0 Å². The van der Waals surface area contributed by atoms with E-state index in [0.717, 1.165) is 5.06 Å². The summed E-state index contributed by atoms with van der Waals surface area (Å²) in [7, 11) is 0. The number of aldehydes is 1. The molecule has 82 valence electrons. The van der Waals surface area contributed by atoms with Gasteiger partial charge in [-0.25, -0.2) is 4.79 Å². The Morgan fingerprint density at radius 1 is 1.50 bits per heavy atom. The minimum Gasteiger partial charge on any atom is -0.332 e. The second-order valence-electron chi connectivity index (χ2n) is 3.12. The lowest BCUT2D eigenvalue weighted by Gasteiger charge is -2.15. The van der Waals surface area contributed by atoms with Crippen molar-refractivity contribution in [2.45, 2.75) is 0 Å². The van der Waals surface area contributed by atoms with Crippen LogP contribution in [0.2, 0.25) is 0 Å². The van der Waals surface area contributed by atoms with Crippen LogP contribution in [0.15, 0.2) is 22.7 Å². The lowest BCUT2D eigenvalue weighted by Crippen LogP contribution is -2.27. The number of hydrogen-bond acceptors (Lipinski definition) is 5. The van der Waals surface area contributed by atoms with E-state index < -0.39 is 5.97 Å². The molecule has 1 aromatic rings. The zero-order valence-corrected chi connectivity index (χ0v) is 9.56. The second-order valence-corrected chi connectivity index (χ2v) is 3.98. The summed E-state index contributed by atoms with van der Waals surface area (Å²) in [5.41, 5.74) is 0.941. The number of anilines is 1. The van der Waals surface area contributed by atoms with Gasteiger partial charge in [-0.2, -0.15) is 5.06 Å². The summed E-state index contributed by atoms with van der Waals surface area (Å²) in [6.45, 7) is -0.0719. The van der Waals surface area contributed by atoms with Crippen molar-refractivity contribution < 1.29 is 19.2 Å². The highest BCUT2D eigenvalue weighted by molar-refractivity contribution is 9.10. The molecule has 1 aliphatic heterocycles. The third kappa shape index (κ3) is 1.71. The summed E-state index contributed by atoms with van der Waals surface area (Å²) < 4.78 is 0.639. The van der Waals surface area contributed by atoms with Crippen LogP contribution in [0.25, 0.3) is 0 Å². The molecule has 0 saturated carbocycles. The molecule has 6 heteroatoms. The molecule has 0 amide bonds. The maximum Gasteiger partial charge on any atom is 0.395 e. The zero-order valence-electron chi connectivity index (χ0n) is 7.97. The van der Waals surface area contributed by atoms with Crippen molar-refractivity contribution in [2.75, 3.05) is 11.6 Å². The molecule has 1 heterocycles. The van der Waals surface area contributed by atoms with Gasteiger partial charge in [0, 0.05) is 4.47 Å². The first-order chi connectivity index (χ1) is 7.63. The van der Waals surface area contributed by atoms with Gasteiger partial charge in [0.1, 0.15) is 6.54 Å². The van der Waals surface area contributed by atoms with E-state index in [9.17, 15) is 14.4 Å². The van der Waals surface area contributed by atoms with Crippen LogP contribution in [0.3, 0.4) is 0 Å². The molecule has 1 aromatic carbocycles. The van der Waals surface area contributed by atoms with Crippen molar-refractivity contribution in [1.82, 2.24) is 0 Å². The van der Waals surface area contributed by atoms with Crippen LogP contribution in [0.4, 0.5) is 5.69 Å². The Balaban J connectivity index is 2.36. The molecule has 0 fully saturated rings. The third-order valence-electron chi connectivity index (χ3n) is 2.12. The van der Waals surface area contributed by atoms with Gasteiger partial charge in [0.25, 0.3) is 0 Å². The van der Waals surface area contributed by atoms with Crippen LogP contribution in [0, 0.1) is 0 Å². The zero-order chi connectivity index (χ0) is 11.7. The van der Waals surface area contributed by atoms with Crippen molar-refractivity contribution in [3.05, 3.63) is 28.2 Å². The van der Waals surface area contributed by atoms with E-state index in [2.05, 4.69) is 15.9 Å². The molecule has 0 radical (unpaired) electrons. The van der Waals surface area contributed by atoms with E-state index >= 15 is 0 Å². The Labute approximate surface area is 99.1 Å². The Hall–Kier alpha value is -1.69. The van der Waals surface area contributed by atoms with Crippen molar-refractivity contribution in [3.63, 3.8) is 0 Å². The fraction of sp³-hybridized carbons (Fsp3) is 0.100. The highest BCUT2D eigenvalue weighted by atomic mass is 79.9. The number of carbonyl (C=O) groups is 3. The predicted octanol–water partition coefficient (Wildman–Crippen LogP) is 1.11. The van der Waals surface area contributed by atoms with Gasteiger partial charge in [-0.05, 0) is 28.1 Å². The van der Waals surface area contributed by atoms with E-state index in [1.54, 1.807) is 18.2 Å². The number of Topliss-reactive ketones (excluding diaryl/α,β-unsaturated/α-hetero) is 1. The topological polar surface area (TPSA) is 63.7 Å². The minimum atomic E-state index is -1.03. The van der Waals surface area contributed by atoms with Gasteiger partial charge in [0.15, 0.2) is 5.78 Å². The molecule has 0 bridgehead atoms. The third-order valence-corrected chi connectivity index (χ3v) is 2.78. The molecule has 0 saturated heterocycles. The van der Waals surface area contributed by atoms with Gasteiger partial charge in [0.2, 0.25) is 6.29 Å². The normalized spacial score (nSPS) is 13.6. The lowest BCUT2D eigenvalue weighted by atomic mass is 10.1. The summed E-state index contributed by atoms with van der Waals surface area (Å²) in [5, 5.41) is 1.11. The number of benzene rings is 1. The van der Waals surface area contributed by atoms with Gasteiger partial charge >= 0.3 is 5.97 Å². The molecule has 0 N–H and O–H groups in total. The Kier molecular flexibility index (Phi) is 2.74. The van der Waals surface area contributed by atoms with E-state index in [1.807, 2.05) is 0 Å². The number of halogens is 1. The molecule has 5 nitrogen and oxygen atoms in total. The van der Waals surface area contributed by atoms with E-state index in [4.69, 9.17) is 4.84 Å². The molecule has 0 aliphatic carbocycles.